The van der Waals surface area contributed by atoms with Crippen molar-refractivity contribution < 1.29 is 29.4 Å². The van der Waals surface area contributed by atoms with Crippen LogP contribution in [0.3, 0.4) is 0 Å². The van der Waals surface area contributed by atoms with Gasteiger partial charge in [0.2, 0.25) is 11.8 Å². The summed E-state index contributed by atoms with van der Waals surface area (Å²) in [6.45, 7) is 7.76. The zero-order chi connectivity index (χ0) is 32.6. The van der Waals surface area contributed by atoms with Crippen LogP contribution in [0.2, 0.25) is 0 Å². The van der Waals surface area contributed by atoms with Crippen molar-refractivity contribution >= 4 is 66.4 Å². The van der Waals surface area contributed by atoms with Gasteiger partial charge in [0.15, 0.2) is 0 Å². The predicted octanol–water partition coefficient (Wildman–Crippen LogP) is 2.58. The van der Waals surface area contributed by atoms with E-state index in [2.05, 4.69) is 33.2 Å². The molecule has 2 aromatic rings. The zero-order valence-corrected chi connectivity index (χ0v) is 27.6. The Kier molecular flexibility index (Phi) is 9.74. The monoisotopic (exact) mass is 652 g/mol. The molecule has 0 spiro atoms. The van der Waals surface area contributed by atoms with Gasteiger partial charge in [-0.1, -0.05) is 6.92 Å². The van der Waals surface area contributed by atoms with Crippen molar-refractivity contribution in [2.24, 2.45) is 11.8 Å². The van der Waals surface area contributed by atoms with Crippen LogP contribution in [0.1, 0.15) is 66.8 Å². The number of allylic oxidation sites excluding steroid dienone is 1. The largest absolute Gasteiger partial charge is 0.481 e. The number of thiol groups is 1. The summed E-state index contributed by atoms with van der Waals surface area (Å²) in [4.78, 5) is 55.3. The van der Waals surface area contributed by atoms with Crippen LogP contribution in [0.15, 0.2) is 16.8 Å². The Morgan fingerprint density at radius 3 is 2.24 bits per heavy atom. The van der Waals surface area contributed by atoms with Crippen LogP contribution < -0.4 is 21.3 Å². The van der Waals surface area contributed by atoms with Gasteiger partial charge < -0.3 is 30.8 Å². The minimum Gasteiger partial charge on any atom is -0.481 e. The molecule has 10 nitrogen and oxygen atoms in total. The molecule has 0 radical (unpaired) electrons. The zero-order valence-electron chi connectivity index (χ0n) is 25.9. The molecule has 0 bridgehead atoms. The molecular formula is C33H40N4O6S2. The van der Waals surface area contributed by atoms with Gasteiger partial charge in [0.1, 0.15) is 0 Å². The van der Waals surface area contributed by atoms with Gasteiger partial charge in [0.25, 0.3) is 0 Å². The number of aromatic nitrogens is 2. The van der Waals surface area contributed by atoms with Gasteiger partial charge in [0.05, 0.1) is 6.04 Å². The molecule has 3 aliphatic heterocycles. The molecule has 2 aromatic heterocycles. The van der Waals surface area contributed by atoms with Gasteiger partial charge in [0, 0.05) is 69.0 Å². The molecule has 3 aliphatic rings. The number of nitrogens with one attached hydrogen (secondary N) is 4. The fourth-order valence-corrected chi connectivity index (χ4v) is 7.43. The maximum Gasteiger partial charge on any atom is 0.303 e. The third-order valence-corrected chi connectivity index (χ3v) is 10.4. The molecule has 12 heteroatoms. The molecule has 5 rings (SSSR count). The summed E-state index contributed by atoms with van der Waals surface area (Å²) < 4.78 is 0. The van der Waals surface area contributed by atoms with E-state index in [0.29, 0.717) is 24.3 Å². The second-order valence-corrected chi connectivity index (χ2v) is 13.8. The maximum atomic E-state index is 12.7. The smallest absolute Gasteiger partial charge is 0.303 e. The highest BCUT2D eigenvalue weighted by atomic mass is 32.2. The summed E-state index contributed by atoms with van der Waals surface area (Å²) in [5, 5.41) is 26.8. The van der Waals surface area contributed by atoms with Crippen molar-refractivity contribution in [2.45, 2.75) is 71.1 Å². The number of hydrogen-bond donors (Lipinski definition) is 7. The van der Waals surface area contributed by atoms with E-state index < -0.39 is 11.9 Å². The first-order valence-corrected chi connectivity index (χ1v) is 16.9. The van der Waals surface area contributed by atoms with Crippen molar-refractivity contribution in [1.82, 2.24) is 20.6 Å². The molecule has 0 aliphatic carbocycles. The van der Waals surface area contributed by atoms with Gasteiger partial charge in [-0.15, -0.1) is 0 Å². The van der Waals surface area contributed by atoms with E-state index in [0.717, 1.165) is 67.7 Å². The summed E-state index contributed by atoms with van der Waals surface area (Å²) >= 11 is 6.14. The summed E-state index contributed by atoms with van der Waals surface area (Å²) in [5.41, 5.74) is 7.60. The van der Waals surface area contributed by atoms with E-state index in [1.807, 2.05) is 45.9 Å². The molecular weight excluding hydrogens is 613 g/mol. The first kappa shape index (κ1) is 32.7. The van der Waals surface area contributed by atoms with Crippen LogP contribution in [-0.2, 0) is 32.0 Å². The van der Waals surface area contributed by atoms with Crippen LogP contribution in [0, 0.1) is 25.7 Å². The number of aromatic amines is 2. The number of carbonyl (C=O) groups is 4. The molecule has 2 amide bonds. The highest BCUT2D eigenvalue weighted by Crippen LogP contribution is 2.40. The topological polar surface area (TPSA) is 164 Å². The van der Waals surface area contributed by atoms with Crippen LogP contribution in [0.5, 0.6) is 0 Å². The summed E-state index contributed by atoms with van der Waals surface area (Å²) in [6, 6.07) is -0.266. The lowest BCUT2D eigenvalue weighted by molar-refractivity contribution is -0.138. The molecule has 0 saturated carbocycles. The SMILES string of the molecule is CC1=C([C@@H]2CS2)C(=O)N[C@@H]1/C=c1/[nH]/c(=C\c2[nH]c(/C=C3\NC(=O)[C@H](C)[C@H]3CCS)c(C)c2CCC(=O)O)c(CCC(=O)O)c1C. The molecule has 5 heterocycles. The van der Waals surface area contributed by atoms with Crippen molar-refractivity contribution in [3.63, 3.8) is 0 Å². The van der Waals surface area contributed by atoms with Gasteiger partial charge in [-0.2, -0.15) is 24.4 Å². The summed E-state index contributed by atoms with van der Waals surface area (Å²) in [5.74, 6) is -0.467. The first-order valence-electron chi connectivity index (χ1n) is 15.2. The van der Waals surface area contributed by atoms with Crippen molar-refractivity contribution in [3.8, 4) is 0 Å². The van der Waals surface area contributed by atoms with E-state index in [-0.39, 0.29) is 47.8 Å². The molecule has 0 aromatic carbocycles. The van der Waals surface area contributed by atoms with E-state index in [1.165, 1.54) is 0 Å². The average molecular weight is 653 g/mol. The van der Waals surface area contributed by atoms with Crippen LogP contribution in [-0.4, -0.2) is 66.7 Å². The molecule has 240 valence electrons. The highest BCUT2D eigenvalue weighted by Gasteiger charge is 2.39. The normalized spacial score (nSPS) is 24.6. The first-order chi connectivity index (χ1) is 21.4. The standard InChI is InChI=1S/C33H40N4O6S2/c1-15-19(5-7-29(38)39)25(34-22(15)11-24-18(4)31(28-14-45-28)33(43)36-24)13-26-20(6-8-30(40)41)16(2)23(35-26)12-27-21(9-10-44)17(3)32(42)37-27/h11-13,17,21,24,28,34-35,44H,5-10,14H2,1-4H3,(H,36,43)(H,37,42)(H,38,39)(H,40,41)/b22-11+,25-13-,27-12-/t17-,21-,24-,28+/m1/s1. The Bertz CT molecular complexity index is 1750. The third-order valence-electron chi connectivity index (χ3n) is 9.20. The molecule has 6 N–H and O–H groups in total. The number of aliphatic carboxylic acids is 2. The molecule has 0 unspecified atom stereocenters. The van der Waals surface area contributed by atoms with Crippen LogP contribution in [0.25, 0.3) is 18.2 Å². The number of carboxylic acid groups (broad SMARTS) is 2. The van der Waals surface area contributed by atoms with Gasteiger partial charge in [-0.3, -0.25) is 19.2 Å². The van der Waals surface area contributed by atoms with Crippen LogP contribution >= 0.6 is 24.4 Å². The number of thioether (sulfide) groups is 1. The van der Waals surface area contributed by atoms with E-state index in [1.54, 1.807) is 11.8 Å². The number of amides is 2. The van der Waals surface area contributed by atoms with Crippen molar-refractivity contribution in [2.75, 3.05) is 11.5 Å². The average Bonchev–Trinajstić information content (AvgIpc) is 3.56. The Morgan fingerprint density at radius 2 is 1.62 bits per heavy atom. The Labute approximate surface area is 271 Å². The van der Waals surface area contributed by atoms with E-state index in [4.69, 9.17) is 0 Å². The summed E-state index contributed by atoms with van der Waals surface area (Å²) in [7, 11) is 0. The molecule has 4 atom stereocenters. The van der Waals surface area contributed by atoms with Crippen molar-refractivity contribution in [3.05, 3.63) is 61.2 Å². The number of hydrogen-bond acceptors (Lipinski definition) is 6. The fourth-order valence-electron chi connectivity index (χ4n) is 6.43. The quantitative estimate of drug-likeness (QED) is 0.137. The number of carboxylic acids is 2. The van der Waals surface area contributed by atoms with Crippen LogP contribution in [0.4, 0.5) is 0 Å². The van der Waals surface area contributed by atoms with Crippen molar-refractivity contribution in [1.29, 1.82) is 0 Å². The highest BCUT2D eigenvalue weighted by molar-refractivity contribution is 8.07. The minimum absolute atomic E-state index is 0.00646. The van der Waals surface area contributed by atoms with Gasteiger partial charge >= 0.3 is 11.9 Å². The Hall–Kier alpha value is -3.64. The second kappa shape index (κ2) is 13.4. The lowest BCUT2D eigenvalue weighted by Crippen LogP contribution is -2.29. The molecule has 2 fully saturated rings. The fraction of sp³-hybridized carbons (Fsp3) is 0.455. The number of carbonyl (C=O) groups excluding carboxylic acids is 2. The third kappa shape index (κ3) is 6.96. The Morgan fingerprint density at radius 1 is 0.956 bits per heavy atom. The minimum atomic E-state index is -0.909. The van der Waals surface area contributed by atoms with E-state index >= 15 is 0 Å². The second-order valence-electron chi connectivity index (χ2n) is 12.1. The predicted molar refractivity (Wildman–Crippen MR) is 178 cm³/mol. The lowest BCUT2D eigenvalue weighted by atomic mass is 9.91. The lowest BCUT2D eigenvalue weighted by Gasteiger charge is -2.12. The summed E-state index contributed by atoms with van der Waals surface area (Å²) in [6.07, 6.45) is 7.04. The Balaban J connectivity index is 1.62. The van der Waals surface area contributed by atoms with Gasteiger partial charge in [-0.25, -0.2) is 0 Å². The van der Waals surface area contributed by atoms with E-state index in [9.17, 15) is 29.4 Å². The number of H-pyrrole nitrogens is 2. The maximum absolute atomic E-state index is 12.7. The number of rotatable bonds is 12. The molecule has 45 heavy (non-hydrogen) atoms. The van der Waals surface area contributed by atoms with Gasteiger partial charge in [-0.05, 0) is 91.8 Å². The molecule has 2 saturated heterocycles.